The minimum atomic E-state index is -2.85. The van der Waals surface area contributed by atoms with E-state index >= 15 is 0 Å². The van der Waals surface area contributed by atoms with Crippen LogP contribution >= 0.6 is 7.52 Å². The summed E-state index contributed by atoms with van der Waals surface area (Å²) in [5.74, 6) is 1.59. The highest BCUT2D eigenvalue weighted by Gasteiger charge is 2.41. The van der Waals surface area contributed by atoms with Gasteiger partial charge in [-0.15, -0.1) is 5.73 Å². The zero-order chi connectivity index (χ0) is 12.4. The Morgan fingerprint density at radius 2 is 2.12 bits per heavy atom. The lowest BCUT2D eigenvalue weighted by atomic mass is 10.1. The maximum absolute atomic E-state index is 12.7. The Kier molecular flexibility index (Phi) is 4.20. The third kappa shape index (κ3) is 3.09. The van der Waals surface area contributed by atoms with Crippen molar-refractivity contribution >= 4 is 7.52 Å². The largest absolute Gasteiger partial charge is 0.311 e. The van der Waals surface area contributed by atoms with Crippen LogP contribution in [0.3, 0.4) is 0 Å². The van der Waals surface area contributed by atoms with E-state index in [2.05, 4.69) is 26.5 Å². The van der Waals surface area contributed by atoms with Crippen molar-refractivity contribution in [2.75, 3.05) is 6.54 Å². The third-order valence-corrected chi connectivity index (χ3v) is 5.20. The summed E-state index contributed by atoms with van der Waals surface area (Å²) in [6.07, 6.45) is 2.73. The summed E-state index contributed by atoms with van der Waals surface area (Å²) in [5, 5.41) is 0. The van der Waals surface area contributed by atoms with E-state index in [1.165, 1.54) is 0 Å². The van der Waals surface area contributed by atoms with Gasteiger partial charge < -0.3 is 4.52 Å². The first kappa shape index (κ1) is 13.7. The van der Waals surface area contributed by atoms with Crippen LogP contribution in [-0.4, -0.2) is 22.9 Å². The van der Waals surface area contributed by atoms with E-state index in [0.717, 1.165) is 13.0 Å². The third-order valence-electron chi connectivity index (χ3n) is 2.59. The predicted octanol–water partition coefficient (Wildman–Crippen LogP) is 3.78. The molecule has 1 heterocycles. The molecule has 92 valence electrons. The van der Waals surface area contributed by atoms with Crippen LogP contribution in [0.5, 0.6) is 0 Å². The molecule has 2 atom stereocenters. The molecule has 1 aliphatic rings. The van der Waals surface area contributed by atoms with Crippen molar-refractivity contribution in [1.29, 1.82) is 0 Å². The lowest BCUT2D eigenvalue weighted by Gasteiger charge is -2.43. The standard InChI is InChI=1S/C12H22NO2P/c1-6-7-10-16(14)13(12(3,4)5)9-8-11(2)15-16/h6,10-11H,8-9H2,1-5H3/t7?,11-,16-/m0/s1. The molecule has 0 bridgehead atoms. The molecule has 0 unspecified atom stereocenters. The van der Waals surface area contributed by atoms with Gasteiger partial charge in [0.1, 0.15) is 0 Å². The second kappa shape index (κ2) is 4.89. The normalized spacial score (nSPS) is 31.9. The maximum atomic E-state index is 12.7. The summed E-state index contributed by atoms with van der Waals surface area (Å²) in [7, 11) is -2.85. The molecule has 0 N–H and O–H groups in total. The molecule has 0 saturated carbocycles. The molecule has 1 aliphatic heterocycles. The molecule has 1 saturated heterocycles. The number of allylic oxidation sites excluding steroid dienone is 1. The average molecular weight is 243 g/mol. The van der Waals surface area contributed by atoms with Gasteiger partial charge in [-0.05, 0) is 47.1 Å². The molecule has 1 rings (SSSR count). The second-order valence-electron chi connectivity index (χ2n) is 5.15. The van der Waals surface area contributed by atoms with E-state index in [9.17, 15) is 4.57 Å². The van der Waals surface area contributed by atoms with Gasteiger partial charge in [0.05, 0.1) is 11.9 Å². The minimum absolute atomic E-state index is 0.0549. The van der Waals surface area contributed by atoms with Crippen LogP contribution in [-0.2, 0) is 9.09 Å². The van der Waals surface area contributed by atoms with Gasteiger partial charge in [-0.25, -0.2) is 4.67 Å². The lowest BCUT2D eigenvalue weighted by molar-refractivity contribution is 0.105. The lowest BCUT2D eigenvalue weighted by Crippen LogP contribution is -2.43. The van der Waals surface area contributed by atoms with Crippen molar-refractivity contribution in [1.82, 2.24) is 4.67 Å². The summed E-state index contributed by atoms with van der Waals surface area (Å²) in [6.45, 7) is 10.8. The fourth-order valence-electron chi connectivity index (χ4n) is 1.83. The second-order valence-corrected chi connectivity index (χ2v) is 7.23. The SMILES string of the molecule is CC=C=C[P@]1(=O)O[C@@H](C)CCN1C(C)(C)C. The summed E-state index contributed by atoms with van der Waals surface area (Å²) < 4.78 is 20.4. The summed E-state index contributed by atoms with van der Waals surface area (Å²) in [4.78, 5) is 0. The van der Waals surface area contributed by atoms with Gasteiger partial charge in [-0.3, -0.25) is 4.57 Å². The fourth-order valence-corrected chi connectivity index (χ4v) is 4.34. The smallest absolute Gasteiger partial charge is 0.303 e. The monoisotopic (exact) mass is 243 g/mol. The quantitative estimate of drug-likeness (QED) is 0.518. The maximum Gasteiger partial charge on any atom is 0.303 e. The van der Waals surface area contributed by atoms with Gasteiger partial charge >= 0.3 is 7.52 Å². The van der Waals surface area contributed by atoms with Crippen molar-refractivity contribution < 1.29 is 9.09 Å². The van der Waals surface area contributed by atoms with Crippen LogP contribution in [0, 0.1) is 0 Å². The summed E-state index contributed by atoms with van der Waals surface area (Å²) in [5.41, 5.74) is 2.75. The topological polar surface area (TPSA) is 29.5 Å². The van der Waals surface area contributed by atoms with Crippen LogP contribution in [0.15, 0.2) is 17.6 Å². The fraction of sp³-hybridized carbons (Fsp3) is 0.750. The Bertz CT molecular complexity index is 351. The van der Waals surface area contributed by atoms with Gasteiger partial charge in [0.25, 0.3) is 0 Å². The molecule has 3 nitrogen and oxygen atoms in total. The van der Waals surface area contributed by atoms with Crippen molar-refractivity contribution in [2.45, 2.75) is 52.7 Å². The van der Waals surface area contributed by atoms with Gasteiger partial charge in [0, 0.05) is 12.1 Å². The van der Waals surface area contributed by atoms with Crippen molar-refractivity contribution in [3.8, 4) is 0 Å². The molecule has 0 spiro atoms. The first-order valence-corrected chi connectivity index (χ1v) is 7.39. The highest BCUT2D eigenvalue weighted by molar-refractivity contribution is 7.59. The van der Waals surface area contributed by atoms with E-state index in [1.54, 1.807) is 11.9 Å². The number of rotatable bonds is 1. The predicted molar refractivity (Wildman–Crippen MR) is 67.6 cm³/mol. The van der Waals surface area contributed by atoms with Crippen LogP contribution in [0.25, 0.3) is 0 Å². The number of hydrogen-bond acceptors (Lipinski definition) is 2. The van der Waals surface area contributed by atoms with Gasteiger partial charge in [0.15, 0.2) is 0 Å². The van der Waals surface area contributed by atoms with E-state index in [1.807, 2.05) is 18.5 Å². The average Bonchev–Trinajstić information content (AvgIpc) is 2.12. The van der Waals surface area contributed by atoms with E-state index in [4.69, 9.17) is 4.52 Å². The Hall–Kier alpha value is -0.330. The summed E-state index contributed by atoms with van der Waals surface area (Å²) in [6, 6.07) is 0. The van der Waals surface area contributed by atoms with E-state index in [-0.39, 0.29) is 11.6 Å². The first-order chi connectivity index (χ1) is 7.29. The van der Waals surface area contributed by atoms with Crippen LogP contribution in [0.4, 0.5) is 0 Å². The minimum Gasteiger partial charge on any atom is -0.311 e. The van der Waals surface area contributed by atoms with Crippen molar-refractivity contribution in [3.63, 3.8) is 0 Å². The Morgan fingerprint density at radius 3 is 2.62 bits per heavy atom. The molecule has 0 aromatic carbocycles. The molecule has 0 aliphatic carbocycles. The van der Waals surface area contributed by atoms with Crippen LogP contribution in [0.2, 0.25) is 0 Å². The van der Waals surface area contributed by atoms with Crippen molar-refractivity contribution in [3.05, 3.63) is 17.6 Å². The zero-order valence-corrected chi connectivity index (χ0v) is 11.8. The zero-order valence-electron chi connectivity index (χ0n) is 10.9. The van der Waals surface area contributed by atoms with Gasteiger partial charge in [-0.2, -0.15) is 0 Å². The Labute approximate surface area is 98.7 Å². The number of nitrogens with zero attached hydrogens (tertiary/aromatic N) is 1. The molecule has 0 aromatic heterocycles. The molecular formula is C12H22NO2P. The van der Waals surface area contributed by atoms with E-state index < -0.39 is 7.52 Å². The summed E-state index contributed by atoms with van der Waals surface area (Å²) >= 11 is 0. The molecule has 4 heteroatoms. The highest BCUT2D eigenvalue weighted by atomic mass is 31.2. The van der Waals surface area contributed by atoms with Crippen molar-refractivity contribution in [2.24, 2.45) is 0 Å². The molecule has 16 heavy (non-hydrogen) atoms. The number of hydrogen-bond donors (Lipinski definition) is 0. The molecular weight excluding hydrogens is 221 g/mol. The van der Waals surface area contributed by atoms with Gasteiger partial charge in [0.2, 0.25) is 0 Å². The molecule has 0 radical (unpaired) electrons. The van der Waals surface area contributed by atoms with Crippen LogP contribution < -0.4 is 0 Å². The first-order valence-electron chi connectivity index (χ1n) is 5.74. The van der Waals surface area contributed by atoms with E-state index in [0.29, 0.717) is 0 Å². The highest BCUT2D eigenvalue weighted by Crippen LogP contribution is 2.58. The molecule has 1 fully saturated rings. The van der Waals surface area contributed by atoms with Crippen LogP contribution in [0.1, 0.15) is 41.0 Å². The molecule has 0 aromatic rings. The Balaban J connectivity index is 3.07. The molecule has 0 amide bonds. The van der Waals surface area contributed by atoms with Gasteiger partial charge in [-0.1, -0.05) is 0 Å². The Morgan fingerprint density at radius 1 is 1.50 bits per heavy atom.